The van der Waals surface area contributed by atoms with Gasteiger partial charge in [0.05, 0.1) is 17.1 Å². The Morgan fingerprint density at radius 2 is 1.85 bits per heavy atom. The number of benzene rings is 2. The lowest BCUT2D eigenvalue weighted by molar-refractivity contribution is -0.121. The van der Waals surface area contributed by atoms with E-state index in [4.69, 9.17) is 9.52 Å². The monoisotopic (exact) mass is 457 g/mol. The number of hydrogen-bond acceptors (Lipinski definition) is 5. The SMILES string of the molecule is CN1C(=O)/C(=C/c2cn(Cc3ccc(C(=O)O)o3)c3ccccc23)SC1=Nc1ccccc1. The normalized spacial score (nSPS) is 16.4. The molecule has 0 unspecified atom stereocenters. The molecule has 0 bridgehead atoms. The molecule has 4 aromatic rings. The fraction of sp³-hybridized carbons (Fsp3) is 0.0800. The van der Waals surface area contributed by atoms with E-state index < -0.39 is 5.97 Å². The van der Waals surface area contributed by atoms with E-state index in [1.54, 1.807) is 18.0 Å². The van der Waals surface area contributed by atoms with Crippen LogP contribution in [0.3, 0.4) is 0 Å². The van der Waals surface area contributed by atoms with Gasteiger partial charge in [-0.3, -0.25) is 9.69 Å². The third-order valence-electron chi connectivity index (χ3n) is 5.29. The van der Waals surface area contributed by atoms with Crippen LogP contribution in [-0.4, -0.2) is 38.7 Å². The zero-order valence-electron chi connectivity index (χ0n) is 17.6. The maximum Gasteiger partial charge on any atom is 0.371 e. The number of furan rings is 1. The van der Waals surface area contributed by atoms with Crippen LogP contribution in [0.2, 0.25) is 0 Å². The molecule has 1 amide bonds. The number of nitrogens with zero attached hydrogens (tertiary/aromatic N) is 3. The zero-order chi connectivity index (χ0) is 22.9. The number of hydrogen-bond donors (Lipinski definition) is 1. The molecule has 7 nitrogen and oxygen atoms in total. The lowest BCUT2D eigenvalue weighted by atomic mass is 10.1. The molecule has 2 aromatic heterocycles. The highest BCUT2D eigenvalue weighted by atomic mass is 32.2. The number of para-hydroxylation sites is 2. The molecular formula is C25H19N3O4S. The minimum atomic E-state index is -1.10. The minimum Gasteiger partial charge on any atom is -0.475 e. The second kappa shape index (κ2) is 8.48. The quantitative estimate of drug-likeness (QED) is 0.416. The smallest absolute Gasteiger partial charge is 0.371 e. The molecule has 0 atom stereocenters. The highest BCUT2D eigenvalue weighted by Gasteiger charge is 2.30. The summed E-state index contributed by atoms with van der Waals surface area (Å²) in [5.41, 5.74) is 2.64. The van der Waals surface area contributed by atoms with Gasteiger partial charge in [0.25, 0.3) is 5.91 Å². The predicted molar refractivity (Wildman–Crippen MR) is 129 cm³/mol. The number of fused-ring (bicyclic) bond motifs is 1. The van der Waals surface area contributed by atoms with Crippen molar-refractivity contribution in [2.45, 2.75) is 6.54 Å². The molecule has 8 heteroatoms. The predicted octanol–water partition coefficient (Wildman–Crippen LogP) is 5.21. The van der Waals surface area contributed by atoms with E-state index in [1.165, 1.54) is 17.8 Å². The van der Waals surface area contributed by atoms with Crippen molar-refractivity contribution in [3.05, 3.63) is 94.9 Å². The Balaban J connectivity index is 1.49. The molecule has 0 aliphatic carbocycles. The lowest BCUT2D eigenvalue weighted by Crippen LogP contribution is -2.23. The van der Waals surface area contributed by atoms with E-state index in [1.807, 2.05) is 71.4 Å². The highest BCUT2D eigenvalue weighted by molar-refractivity contribution is 8.18. The van der Waals surface area contributed by atoms with Gasteiger partial charge < -0.3 is 14.1 Å². The first-order chi connectivity index (χ1) is 16.0. The van der Waals surface area contributed by atoms with Crippen LogP contribution < -0.4 is 0 Å². The summed E-state index contributed by atoms with van der Waals surface area (Å²) in [6, 6.07) is 20.5. The molecule has 5 rings (SSSR count). The molecule has 2 aromatic carbocycles. The first-order valence-corrected chi connectivity index (χ1v) is 11.0. The summed E-state index contributed by atoms with van der Waals surface area (Å²) in [7, 11) is 1.72. The van der Waals surface area contributed by atoms with E-state index in [-0.39, 0.29) is 11.7 Å². The molecule has 1 saturated heterocycles. The fourth-order valence-electron chi connectivity index (χ4n) is 3.67. The maximum atomic E-state index is 12.9. The Labute approximate surface area is 193 Å². The molecule has 0 radical (unpaired) electrons. The molecule has 33 heavy (non-hydrogen) atoms. The number of carboxylic acid groups (broad SMARTS) is 1. The zero-order valence-corrected chi connectivity index (χ0v) is 18.5. The van der Waals surface area contributed by atoms with Gasteiger partial charge in [-0.15, -0.1) is 0 Å². The lowest BCUT2D eigenvalue weighted by Gasteiger charge is -2.06. The molecule has 3 heterocycles. The summed E-state index contributed by atoms with van der Waals surface area (Å²) >= 11 is 1.34. The summed E-state index contributed by atoms with van der Waals surface area (Å²) in [5, 5.41) is 10.7. The van der Waals surface area contributed by atoms with Crippen LogP contribution >= 0.6 is 11.8 Å². The van der Waals surface area contributed by atoms with Gasteiger partial charge in [-0.05, 0) is 48.2 Å². The third kappa shape index (κ3) is 4.08. The van der Waals surface area contributed by atoms with E-state index in [0.717, 1.165) is 22.2 Å². The summed E-state index contributed by atoms with van der Waals surface area (Å²) < 4.78 is 7.41. The number of carboxylic acids is 1. The number of amidine groups is 1. The molecule has 0 saturated carbocycles. The number of rotatable bonds is 5. The topological polar surface area (TPSA) is 88.0 Å². The van der Waals surface area contributed by atoms with Crippen LogP contribution in [0.4, 0.5) is 5.69 Å². The third-order valence-corrected chi connectivity index (χ3v) is 6.35. The number of aliphatic imine (C=N–C) groups is 1. The highest BCUT2D eigenvalue weighted by Crippen LogP contribution is 2.35. The van der Waals surface area contributed by atoms with Crippen LogP contribution in [0, 0.1) is 0 Å². The number of thioether (sulfide) groups is 1. The van der Waals surface area contributed by atoms with E-state index in [0.29, 0.717) is 22.4 Å². The largest absolute Gasteiger partial charge is 0.475 e. The van der Waals surface area contributed by atoms with Gasteiger partial charge in [-0.1, -0.05) is 36.4 Å². The van der Waals surface area contributed by atoms with Crippen molar-refractivity contribution in [2.24, 2.45) is 4.99 Å². The number of aromatic nitrogens is 1. The van der Waals surface area contributed by atoms with Gasteiger partial charge in [0.15, 0.2) is 5.17 Å². The van der Waals surface area contributed by atoms with Crippen molar-refractivity contribution in [1.82, 2.24) is 9.47 Å². The Morgan fingerprint density at radius 3 is 2.61 bits per heavy atom. The average Bonchev–Trinajstić information content (AvgIpc) is 3.50. The maximum absolute atomic E-state index is 12.9. The second-order valence-electron chi connectivity index (χ2n) is 7.51. The summed E-state index contributed by atoms with van der Waals surface area (Å²) in [6.07, 6.45) is 3.82. The fourth-order valence-corrected chi connectivity index (χ4v) is 4.65. The molecule has 0 spiro atoms. The van der Waals surface area contributed by atoms with Crippen molar-refractivity contribution in [3.8, 4) is 0 Å². The Morgan fingerprint density at radius 1 is 1.09 bits per heavy atom. The number of aromatic carboxylic acids is 1. The van der Waals surface area contributed by atoms with Gasteiger partial charge in [0.1, 0.15) is 5.76 Å². The molecule has 1 aliphatic rings. The standard InChI is InChI=1S/C25H19N3O4S/c1-27-23(29)22(33-25(27)26-17-7-3-2-4-8-17)13-16-14-28(20-10-6-5-9-19(16)20)15-18-11-12-21(32-18)24(30)31/h2-14H,15H2,1H3,(H,30,31)/b22-13-,26-25?. The summed E-state index contributed by atoms with van der Waals surface area (Å²) in [5.74, 6) is -0.762. The molecule has 1 N–H and O–H groups in total. The van der Waals surface area contributed by atoms with Crippen molar-refractivity contribution in [2.75, 3.05) is 7.05 Å². The van der Waals surface area contributed by atoms with E-state index >= 15 is 0 Å². The van der Waals surface area contributed by atoms with Crippen LogP contribution in [0.25, 0.3) is 17.0 Å². The number of likely N-dealkylation sites (N-methyl/N-ethyl adjacent to an activating group) is 1. The average molecular weight is 458 g/mol. The Kier molecular flexibility index (Phi) is 5.35. The van der Waals surface area contributed by atoms with E-state index in [2.05, 4.69) is 4.99 Å². The van der Waals surface area contributed by atoms with E-state index in [9.17, 15) is 9.59 Å². The summed E-state index contributed by atoms with van der Waals surface area (Å²) in [4.78, 5) is 30.7. The van der Waals surface area contributed by atoms with Gasteiger partial charge in [0.2, 0.25) is 5.76 Å². The van der Waals surface area contributed by atoms with Crippen molar-refractivity contribution in [3.63, 3.8) is 0 Å². The van der Waals surface area contributed by atoms with Gasteiger partial charge in [-0.2, -0.15) is 0 Å². The number of amides is 1. The minimum absolute atomic E-state index is 0.0926. The van der Waals surface area contributed by atoms with Crippen LogP contribution in [0.5, 0.6) is 0 Å². The van der Waals surface area contributed by atoms with Crippen molar-refractivity contribution < 1.29 is 19.1 Å². The van der Waals surface area contributed by atoms with Crippen LogP contribution in [0.15, 0.2) is 87.2 Å². The molecule has 164 valence electrons. The molecule has 1 aliphatic heterocycles. The van der Waals surface area contributed by atoms with Crippen LogP contribution in [-0.2, 0) is 11.3 Å². The Bertz CT molecular complexity index is 1430. The molecular weight excluding hydrogens is 438 g/mol. The van der Waals surface area contributed by atoms with Crippen LogP contribution in [0.1, 0.15) is 21.9 Å². The van der Waals surface area contributed by atoms with Gasteiger partial charge in [0, 0.05) is 29.7 Å². The van der Waals surface area contributed by atoms with Gasteiger partial charge in [-0.25, -0.2) is 9.79 Å². The number of carbonyl (C=O) groups is 2. The van der Waals surface area contributed by atoms with Crippen molar-refractivity contribution >= 4 is 51.5 Å². The second-order valence-corrected chi connectivity index (χ2v) is 8.51. The molecule has 1 fully saturated rings. The summed E-state index contributed by atoms with van der Waals surface area (Å²) in [6.45, 7) is 0.374. The van der Waals surface area contributed by atoms with Gasteiger partial charge >= 0.3 is 5.97 Å². The number of carbonyl (C=O) groups excluding carboxylic acids is 1. The Hall–Kier alpha value is -4.04. The first-order valence-electron chi connectivity index (χ1n) is 10.2. The first kappa shape index (κ1) is 20.8. The van der Waals surface area contributed by atoms with Crippen molar-refractivity contribution in [1.29, 1.82) is 0 Å².